The van der Waals surface area contributed by atoms with Gasteiger partial charge in [-0.3, -0.25) is 9.59 Å². The summed E-state index contributed by atoms with van der Waals surface area (Å²) in [6.07, 6.45) is 20.4. The summed E-state index contributed by atoms with van der Waals surface area (Å²) >= 11 is 0. The van der Waals surface area contributed by atoms with E-state index in [-0.39, 0.29) is 28.9 Å². The second-order valence-corrected chi connectivity index (χ2v) is 14.3. The molecule has 39 heavy (non-hydrogen) atoms. The van der Waals surface area contributed by atoms with Crippen LogP contribution in [0.25, 0.3) is 0 Å². The lowest BCUT2D eigenvalue weighted by Gasteiger charge is -2.62. The van der Waals surface area contributed by atoms with Gasteiger partial charge in [0.2, 0.25) is 5.91 Å². The van der Waals surface area contributed by atoms with Gasteiger partial charge in [0.05, 0.1) is 12.2 Å². The zero-order chi connectivity index (χ0) is 27.9. The van der Waals surface area contributed by atoms with Crippen LogP contribution in [0.4, 0.5) is 0 Å². The van der Waals surface area contributed by atoms with Crippen LogP contribution in [0.3, 0.4) is 0 Å². The first-order valence-corrected chi connectivity index (χ1v) is 16.9. The molecule has 224 valence electrons. The molecular formula is C34H59NO4. The van der Waals surface area contributed by atoms with E-state index in [9.17, 15) is 14.7 Å². The van der Waals surface area contributed by atoms with Gasteiger partial charge >= 0.3 is 0 Å². The Labute approximate surface area is 239 Å². The number of aliphatic hydroxyl groups excluding tert-OH is 1. The SMILES string of the molecule is CCCCCNC(=O)CCCCCCCCCO[C@H]1C[C@]2(C)[C@@H](O)CC[C@H]2[C@@H]2CC[C@H]3CC(=O)CC[C@]3(C)[C@H]21. The fourth-order valence-electron chi connectivity index (χ4n) is 9.46. The summed E-state index contributed by atoms with van der Waals surface area (Å²) in [4.78, 5) is 24.2. The van der Waals surface area contributed by atoms with E-state index in [1.165, 1.54) is 51.4 Å². The van der Waals surface area contributed by atoms with Crippen LogP contribution >= 0.6 is 0 Å². The molecule has 4 aliphatic rings. The van der Waals surface area contributed by atoms with Crippen molar-refractivity contribution < 1.29 is 19.4 Å². The normalized spacial score (nSPS) is 37.7. The molecule has 4 saturated carbocycles. The van der Waals surface area contributed by atoms with Crippen LogP contribution in [-0.2, 0) is 14.3 Å². The summed E-state index contributed by atoms with van der Waals surface area (Å²) in [7, 11) is 0. The molecule has 0 heterocycles. The van der Waals surface area contributed by atoms with Gasteiger partial charge in [-0.2, -0.15) is 0 Å². The van der Waals surface area contributed by atoms with Crippen LogP contribution in [-0.4, -0.2) is 42.2 Å². The number of hydrogen-bond donors (Lipinski definition) is 2. The first-order valence-electron chi connectivity index (χ1n) is 16.9. The zero-order valence-electron chi connectivity index (χ0n) is 25.5. The highest BCUT2D eigenvalue weighted by Crippen LogP contribution is 2.66. The quantitative estimate of drug-likeness (QED) is 0.211. The summed E-state index contributed by atoms with van der Waals surface area (Å²) in [5.74, 6) is 3.00. The van der Waals surface area contributed by atoms with Crippen LogP contribution in [0, 0.1) is 34.5 Å². The molecule has 5 nitrogen and oxygen atoms in total. The number of ketones is 1. The molecule has 0 radical (unpaired) electrons. The molecule has 0 spiro atoms. The van der Waals surface area contributed by atoms with E-state index < -0.39 is 0 Å². The Balaban J connectivity index is 1.18. The van der Waals surface area contributed by atoms with Gasteiger partial charge in [-0.15, -0.1) is 0 Å². The molecule has 1 amide bonds. The third-order valence-electron chi connectivity index (χ3n) is 11.8. The lowest BCUT2D eigenvalue weighted by atomic mass is 9.44. The number of hydrogen-bond acceptors (Lipinski definition) is 4. The second-order valence-electron chi connectivity index (χ2n) is 14.3. The fourth-order valence-corrected chi connectivity index (χ4v) is 9.46. The minimum Gasteiger partial charge on any atom is -0.393 e. The van der Waals surface area contributed by atoms with E-state index >= 15 is 0 Å². The van der Waals surface area contributed by atoms with Crippen molar-refractivity contribution in [2.24, 2.45) is 34.5 Å². The smallest absolute Gasteiger partial charge is 0.219 e. The molecule has 0 aliphatic heterocycles. The van der Waals surface area contributed by atoms with Crippen molar-refractivity contribution in [3.8, 4) is 0 Å². The number of carbonyl (C=O) groups excluding carboxylic acids is 2. The number of carbonyl (C=O) groups is 2. The number of fused-ring (bicyclic) bond motifs is 5. The van der Waals surface area contributed by atoms with Crippen molar-refractivity contribution >= 4 is 11.7 Å². The summed E-state index contributed by atoms with van der Waals surface area (Å²) in [6.45, 7) is 8.67. The van der Waals surface area contributed by atoms with Crippen molar-refractivity contribution in [1.82, 2.24) is 5.32 Å². The Kier molecular flexibility index (Phi) is 11.4. The standard InChI is InChI=1S/C34H59NO4/c1-4-5-12-21-35-31(38)14-11-9-7-6-8-10-13-22-39-29-24-34(3)28(17-18-30(34)37)27-16-15-25-23-26(36)19-20-33(25,2)32(27)29/h25,27-30,32,37H,4-24H2,1-3H3,(H,35,38)/t25-,27-,28-,29-,30-,32+,33-,34-/m0/s1. The highest BCUT2D eigenvalue weighted by atomic mass is 16.5. The Bertz CT molecular complexity index is 800. The Morgan fingerprint density at radius 3 is 2.46 bits per heavy atom. The Morgan fingerprint density at radius 2 is 1.69 bits per heavy atom. The molecule has 0 aromatic carbocycles. The molecule has 4 aliphatic carbocycles. The van der Waals surface area contributed by atoms with Crippen molar-refractivity contribution in [3.63, 3.8) is 0 Å². The largest absolute Gasteiger partial charge is 0.393 e. The number of ether oxygens (including phenoxy) is 1. The molecule has 4 fully saturated rings. The minimum absolute atomic E-state index is 0.00801. The van der Waals surface area contributed by atoms with E-state index in [0.717, 1.165) is 77.4 Å². The maximum absolute atomic E-state index is 12.3. The van der Waals surface area contributed by atoms with E-state index in [1.54, 1.807) is 0 Å². The molecule has 0 bridgehead atoms. The molecule has 0 unspecified atom stereocenters. The molecule has 0 saturated heterocycles. The van der Waals surface area contributed by atoms with Gasteiger partial charge in [-0.05, 0) is 92.3 Å². The van der Waals surface area contributed by atoms with Crippen molar-refractivity contribution in [2.75, 3.05) is 13.2 Å². The zero-order valence-corrected chi connectivity index (χ0v) is 25.5. The average molecular weight is 546 g/mol. The predicted molar refractivity (Wildman–Crippen MR) is 157 cm³/mol. The Hall–Kier alpha value is -0.940. The molecule has 4 rings (SSSR count). The van der Waals surface area contributed by atoms with Crippen LogP contribution < -0.4 is 5.32 Å². The maximum Gasteiger partial charge on any atom is 0.219 e. The highest BCUT2D eigenvalue weighted by molar-refractivity contribution is 5.79. The predicted octanol–water partition coefficient (Wildman–Crippen LogP) is 7.38. The first-order chi connectivity index (χ1) is 18.8. The van der Waals surface area contributed by atoms with Gasteiger partial charge in [0, 0.05) is 32.4 Å². The van der Waals surface area contributed by atoms with E-state index in [1.807, 2.05) is 0 Å². The number of unbranched alkanes of at least 4 members (excludes halogenated alkanes) is 8. The summed E-state index contributed by atoms with van der Waals surface area (Å²) in [6, 6.07) is 0. The lowest BCUT2D eigenvalue weighted by Crippen LogP contribution is -2.60. The van der Waals surface area contributed by atoms with E-state index in [0.29, 0.717) is 35.9 Å². The fraction of sp³-hybridized carbons (Fsp3) is 0.941. The number of aliphatic hydroxyl groups is 1. The Morgan fingerprint density at radius 1 is 0.949 bits per heavy atom. The maximum atomic E-state index is 12.3. The van der Waals surface area contributed by atoms with Gasteiger partial charge in [0.25, 0.3) is 0 Å². The van der Waals surface area contributed by atoms with Gasteiger partial charge in [-0.25, -0.2) is 0 Å². The topological polar surface area (TPSA) is 75.6 Å². The van der Waals surface area contributed by atoms with Crippen molar-refractivity contribution in [2.45, 2.75) is 155 Å². The molecule has 8 atom stereocenters. The van der Waals surface area contributed by atoms with Crippen molar-refractivity contribution in [3.05, 3.63) is 0 Å². The number of rotatable bonds is 15. The minimum atomic E-state index is -0.194. The summed E-state index contributed by atoms with van der Waals surface area (Å²) < 4.78 is 6.79. The van der Waals surface area contributed by atoms with Crippen molar-refractivity contribution in [1.29, 1.82) is 0 Å². The van der Waals surface area contributed by atoms with E-state index in [2.05, 4.69) is 26.1 Å². The van der Waals surface area contributed by atoms with Crippen LogP contribution in [0.1, 0.15) is 143 Å². The van der Waals surface area contributed by atoms with Gasteiger partial charge < -0.3 is 15.2 Å². The number of Topliss-reactive ketones (excluding diaryl/α,β-unsaturated/α-hetero) is 1. The van der Waals surface area contributed by atoms with Gasteiger partial charge in [-0.1, -0.05) is 65.7 Å². The van der Waals surface area contributed by atoms with Crippen LogP contribution in [0.5, 0.6) is 0 Å². The molecule has 2 N–H and O–H groups in total. The molecular weight excluding hydrogens is 486 g/mol. The average Bonchev–Trinajstić information content (AvgIpc) is 3.21. The first kappa shape index (κ1) is 31.0. The number of nitrogens with one attached hydrogen (secondary N) is 1. The third kappa shape index (κ3) is 7.29. The summed E-state index contributed by atoms with van der Waals surface area (Å²) in [5, 5.41) is 14.1. The van der Waals surface area contributed by atoms with Gasteiger partial charge in [0.15, 0.2) is 0 Å². The number of amides is 1. The molecule has 0 aromatic rings. The monoisotopic (exact) mass is 545 g/mol. The third-order valence-corrected chi connectivity index (χ3v) is 11.8. The van der Waals surface area contributed by atoms with Crippen LogP contribution in [0.15, 0.2) is 0 Å². The molecule has 0 aromatic heterocycles. The summed E-state index contributed by atoms with van der Waals surface area (Å²) in [5.41, 5.74) is 0.203. The lowest BCUT2D eigenvalue weighted by molar-refractivity contribution is -0.192. The second kappa shape index (κ2) is 14.3. The van der Waals surface area contributed by atoms with Gasteiger partial charge in [0.1, 0.15) is 5.78 Å². The van der Waals surface area contributed by atoms with E-state index in [4.69, 9.17) is 4.74 Å². The van der Waals surface area contributed by atoms with Crippen LogP contribution in [0.2, 0.25) is 0 Å². The molecule has 5 heteroatoms. The highest BCUT2D eigenvalue weighted by Gasteiger charge is 2.63.